The first-order valence-corrected chi connectivity index (χ1v) is 6.18. The molecule has 0 heterocycles. The molecular weight excluding hydrogens is 225 g/mol. The van der Waals surface area contributed by atoms with Crippen LogP contribution in [0.25, 0.3) is 0 Å². The molecule has 0 radical (unpaired) electrons. The van der Waals surface area contributed by atoms with Gasteiger partial charge in [-0.2, -0.15) is 0 Å². The maximum Gasteiger partial charge on any atom is 0.125 e. The topological polar surface area (TPSA) is 12.0 Å². The SMILES string of the molecule is CCCCC(C)NCc1cc(F)cc(Cl)c1. The van der Waals surface area contributed by atoms with Gasteiger partial charge in [-0.25, -0.2) is 4.39 Å². The predicted octanol–water partition coefficient (Wildman–Crippen LogP) is 4.15. The van der Waals surface area contributed by atoms with Gasteiger partial charge in [-0.1, -0.05) is 31.4 Å². The third-order valence-corrected chi connectivity index (χ3v) is 2.79. The molecule has 0 aliphatic carbocycles. The Labute approximate surface area is 102 Å². The summed E-state index contributed by atoms with van der Waals surface area (Å²) >= 11 is 5.78. The minimum atomic E-state index is -0.273. The van der Waals surface area contributed by atoms with E-state index < -0.39 is 0 Å². The maximum atomic E-state index is 13.0. The molecule has 0 aliphatic heterocycles. The van der Waals surface area contributed by atoms with Crippen molar-refractivity contribution in [3.8, 4) is 0 Å². The third kappa shape index (κ3) is 4.95. The van der Waals surface area contributed by atoms with Gasteiger partial charge in [0.2, 0.25) is 0 Å². The lowest BCUT2D eigenvalue weighted by Gasteiger charge is -2.13. The highest BCUT2D eigenvalue weighted by atomic mass is 35.5. The Hall–Kier alpha value is -0.600. The molecule has 1 nitrogen and oxygen atoms in total. The number of halogens is 2. The summed E-state index contributed by atoms with van der Waals surface area (Å²) in [5, 5.41) is 3.82. The first-order chi connectivity index (χ1) is 7.61. The van der Waals surface area contributed by atoms with Gasteiger partial charge in [-0.15, -0.1) is 0 Å². The molecule has 1 atom stereocenters. The van der Waals surface area contributed by atoms with Crippen molar-refractivity contribution in [2.24, 2.45) is 0 Å². The molecule has 16 heavy (non-hydrogen) atoms. The van der Waals surface area contributed by atoms with Gasteiger partial charge in [0.25, 0.3) is 0 Å². The number of nitrogens with one attached hydrogen (secondary N) is 1. The van der Waals surface area contributed by atoms with Gasteiger partial charge in [0.05, 0.1) is 0 Å². The standard InChI is InChI=1S/C13H19ClFN/c1-3-4-5-10(2)16-9-11-6-12(14)8-13(15)7-11/h6-8,10,16H,3-5,9H2,1-2H3. The third-order valence-electron chi connectivity index (χ3n) is 2.57. The van der Waals surface area contributed by atoms with Gasteiger partial charge >= 0.3 is 0 Å². The highest BCUT2D eigenvalue weighted by Gasteiger charge is 2.03. The van der Waals surface area contributed by atoms with E-state index in [0.717, 1.165) is 12.0 Å². The summed E-state index contributed by atoms with van der Waals surface area (Å²) in [6.45, 7) is 5.00. The highest BCUT2D eigenvalue weighted by molar-refractivity contribution is 6.30. The zero-order chi connectivity index (χ0) is 12.0. The van der Waals surface area contributed by atoms with E-state index in [4.69, 9.17) is 11.6 Å². The molecule has 1 aromatic rings. The lowest BCUT2D eigenvalue weighted by molar-refractivity contribution is 0.494. The van der Waals surface area contributed by atoms with E-state index in [1.165, 1.54) is 25.0 Å². The number of hydrogen-bond donors (Lipinski definition) is 1. The lowest BCUT2D eigenvalue weighted by Crippen LogP contribution is -2.25. The minimum Gasteiger partial charge on any atom is -0.310 e. The first-order valence-electron chi connectivity index (χ1n) is 5.80. The van der Waals surface area contributed by atoms with Gasteiger partial charge in [-0.3, -0.25) is 0 Å². The normalized spacial score (nSPS) is 12.8. The summed E-state index contributed by atoms with van der Waals surface area (Å²) in [6, 6.07) is 5.10. The molecule has 0 amide bonds. The summed E-state index contributed by atoms with van der Waals surface area (Å²) in [7, 11) is 0. The molecule has 1 unspecified atom stereocenters. The molecule has 1 rings (SSSR count). The van der Waals surface area contributed by atoms with Gasteiger partial charge in [0.1, 0.15) is 5.82 Å². The smallest absolute Gasteiger partial charge is 0.125 e. The molecular formula is C13H19ClFN. The van der Waals surface area contributed by atoms with Crippen LogP contribution in [-0.2, 0) is 6.54 Å². The number of benzene rings is 1. The summed E-state index contributed by atoms with van der Waals surface area (Å²) in [4.78, 5) is 0. The Morgan fingerprint density at radius 2 is 2.12 bits per heavy atom. The molecule has 3 heteroatoms. The van der Waals surface area contributed by atoms with E-state index in [0.29, 0.717) is 17.6 Å². The summed E-state index contributed by atoms with van der Waals surface area (Å²) in [5.41, 5.74) is 0.897. The molecule has 0 saturated carbocycles. The predicted molar refractivity (Wildman–Crippen MR) is 67.2 cm³/mol. The van der Waals surface area contributed by atoms with Crippen molar-refractivity contribution in [1.29, 1.82) is 0 Å². The second-order valence-corrected chi connectivity index (χ2v) is 4.64. The second-order valence-electron chi connectivity index (χ2n) is 4.20. The monoisotopic (exact) mass is 243 g/mol. The molecule has 0 bridgehead atoms. The zero-order valence-electron chi connectivity index (χ0n) is 9.89. The van der Waals surface area contributed by atoms with Crippen LogP contribution in [0, 0.1) is 5.82 Å². The van der Waals surface area contributed by atoms with Crippen molar-refractivity contribution in [1.82, 2.24) is 5.32 Å². The van der Waals surface area contributed by atoms with Crippen LogP contribution in [0.15, 0.2) is 18.2 Å². The Morgan fingerprint density at radius 1 is 1.38 bits per heavy atom. The van der Waals surface area contributed by atoms with E-state index in [-0.39, 0.29) is 5.82 Å². The van der Waals surface area contributed by atoms with Crippen LogP contribution in [0.5, 0.6) is 0 Å². The first kappa shape index (κ1) is 13.5. The summed E-state index contributed by atoms with van der Waals surface area (Å²) < 4.78 is 13.0. The summed E-state index contributed by atoms with van der Waals surface area (Å²) in [5.74, 6) is -0.273. The fraction of sp³-hybridized carbons (Fsp3) is 0.538. The average Bonchev–Trinajstić information content (AvgIpc) is 2.22. The van der Waals surface area contributed by atoms with Crippen molar-refractivity contribution in [3.05, 3.63) is 34.6 Å². The van der Waals surface area contributed by atoms with Gasteiger partial charge in [0.15, 0.2) is 0 Å². The van der Waals surface area contributed by atoms with Crippen LogP contribution in [-0.4, -0.2) is 6.04 Å². The summed E-state index contributed by atoms with van der Waals surface area (Å²) in [6.07, 6.45) is 3.58. The van der Waals surface area contributed by atoms with Gasteiger partial charge < -0.3 is 5.32 Å². The van der Waals surface area contributed by atoms with Crippen molar-refractivity contribution < 1.29 is 4.39 Å². The van der Waals surface area contributed by atoms with E-state index in [9.17, 15) is 4.39 Å². The van der Waals surface area contributed by atoms with Crippen LogP contribution in [0.4, 0.5) is 4.39 Å². The van der Waals surface area contributed by atoms with Crippen molar-refractivity contribution in [3.63, 3.8) is 0 Å². The molecule has 0 aromatic heterocycles. The van der Waals surface area contributed by atoms with Crippen molar-refractivity contribution in [2.75, 3.05) is 0 Å². The average molecular weight is 244 g/mol. The van der Waals surface area contributed by atoms with Gasteiger partial charge in [0, 0.05) is 17.6 Å². The van der Waals surface area contributed by atoms with Crippen LogP contribution >= 0.6 is 11.6 Å². The van der Waals surface area contributed by atoms with Crippen LogP contribution in [0.3, 0.4) is 0 Å². The van der Waals surface area contributed by atoms with Crippen molar-refractivity contribution in [2.45, 2.75) is 45.7 Å². The molecule has 0 spiro atoms. The number of hydrogen-bond acceptors (Lipinski definition) is 1. The Morgan fingerprint density at radius 3 is 2.75 bits per heavy atom. The molecule has 1 aromatic carbocycles. The zero-order valence-corrected chi connectivity index (χ0v) is 10.6. The largest absolute Gasteiger partial charge is 0.310 e. The Bertz CT molecular complexity index is 307. The fourth-order valence-electron chi connectivity index (χ4n) is 1.62. The molecule has 0 fully saturated rings. The fourth-order valence-corrected chi connectivity index (χ4v) is 1.86. The maximum absolute atomic E-state index is 13.0. The Kier molecular flexibility index (Phi) is 5.78. The van der Waals surface area contributed by atoms with Crippen LogP contribution < -0.4 is 5.32 Å². The Balaban J connectivity index is 2.41. The van der Waals surface area contributed by atoms with Crippen LogP contribution in [0.1, 0.15) is 38.7 Å². The molecule has 1 N–H and O–H groups in total. The lowest BCUT2D eigenvalue weighted by atomic mass is 10.1. The highest BCUT2D eigenvalue weighted by Crippen LogP contribution is 2.14. The molecule has 0 saturated heterocycles. The number of unbranched alkanes of at least 4 members (excludes halogenated alkanes) is 1. The van der Waals surface area contributed by atoms with E-state index >= 15 is 0 Å². The minimum absolute atomic E-state index is 0.273. The van der Waals surface area contributed by atoms with E-state index in [2.05, 4.69) is 19.2 Å². The molecule has 0 aliphatic rings. The van der Waals surface area contributed by atoms with E-state index in [1.807, 2.05) is 0 Å². The number of rotatable bonds is 6. The van der Waals surface area contributed by atoms with Gasteiger partial charge in [-0.05, 0) is 37.1 Å². The second kappa shape index (κ2) is 6.87. The molecule has 90 valence electrons. The quantitative estimate of drug-likeness (QED) is 0.792. The van der Waals surface area contributed by atoms with Crippen molar-refractivity contribution >= 4 is 11.6 Å². The van der Waals surface area contributed by atoms with E-state index in [1.54, 1.807) is 6.07 Å². The van der Waals surface area contributed by atoms with Crippen LogP contribution in [0.2, 0.25) is 5.02 Å².